The smallest absolute Gasteiger partial charge is 0.00266 e. The van der Waals surface area contributed by atoms with E-state index < -0.39 is 0 Å². The maximum absolute atomic E-state index is 3.83. The molecule has 1 heteroatoms. The van der Waals surface area contributed by atoms with Gasteiger partial charge in [0.2, 0.25) is 0 Å². The zero-order chi connectivity index (χ0) is 5.98. The fourth-order valence-electron chi connectivity index (χ4n) is 0.623. The third kappa shape index (κ3) is 1.47. The maximum atomic E-state index is 3.83. The van der Waals surface area contributed by atoms with E-state index >= 15 is 0 Å². The van der Waals surface area contributed by atoms with Crippen molar-refractivity contribution in [3.05, 3.63) is 34.0 Å². The Balaban J connectivity index is 2.73. The highest BCUT2D eigenvalue weighted by Crippen LogP contribution is 2.20. The van der Waals surface area contributed by atoms with Gasteiger partial charge in [-0.3, -0.25) is 0 Å². The van der Waals surface area contributed by atoms with Crippen molar-refractivity contribution < 1.29 is 0 Å². The van der Waals surface area contributed by atoms with Gasteiger partial charge < -0.3 is 0 Å². The Hall–Kier alpha value is -0.0500. The average Bonchev–Trinajstić information content (AvgIpc) is 1.64. The molecule has 0 aromatic carbocycles. The molecule has 0 radical (unpaired) electrons. The van der Waals surface area contributed by atoms with Crippen molar-refractivity contribution in [2.24, 2.45) is 0 Å². The van der Waals surface area contributed by atoms with E-state index in [1.807, 2.05) is 12.2 Å². The summed E-state index contributed by atoms with van der Waals surface area (Å²) in [4.78, 5) is 0. The lowest BCUT2D eigenvalue weighted by molar-refractivity contribution is 1.27. The molecule has 0 saturated carbocycles. The van der Waals surface area contributed by atoms with Crippen molar-refractivity contribution in [1.29, 1.82) is 0 Å². The molecule has 0 amide bonds. The van der Waals surface area contributed by atoms with Gasteiger partial charge in [-0.25, -0.2) is 0 Å². The zero-order valence-corrected chi connectivity index (χ0v) is 6.68. The molecular formula is C7H7I. The van der Waals surface area contributed by atoms with Gasteiger partial charge in [-0.15, -0.1) is 0 Å². The van der Waals surface area contributed by atoms with Crippen LogP contribution in [0, 0.1) is 0 Å². The first-order chi connectivity index (χ1) is 3.79. The van der Waals surface area contributed by atoms with Crippen LogP contribution in [0.4, 0.5) is 0 Å². The largest absolute Gasteiger partial charge is 0.0955 e. The number of halogens is 1. The first-order valence-electron chi connectivity index (χ1n) is 2.49. The van der Waals surface area contributed by atoms with E-state index in [1.165, 1.54) is 9.15 Å². The van der Waals surface area contributed by atoms with Crippen LogP contribution in [0.15, 0.2) is 34.0 Å². The summed E-state index contributed by atoms with van der Waals surface area (Å²) in [6.45, 7) is 3.83. The van der Waals surface area contributed by atoms with Crippen LogP contribution in [-0.2, 0) is 0 Å². The normalized spacial score (nSPS) is 18.6. The Morgan fingerprint density at radius 2 is 2.38 bits per heavy atom. The molecule has 0 spiro atoms. The second-order valence-electron chi connectivity index (χ2n) is 1.81. The van der Waals surface area contributed by atoms with E-state index in [9.17, 15) is 0 Å². The topological polar surface area (TPSA) is 0 Å². The number of rotatable bonds is 0. The molecule has 8 heavy (non-hydrogen) atoms. The van der Waals surface area contributed by atoms with E-state index in [0.29, 0.717) is 0 Å². The fraction of sp³-hybridized carbons (Fsp3) is 0.143. The molecule has 0 nitrogen and oxygen atoms in total. The van der Waals surface area contributed by atoms with Crippen LogP contribution in [0.2, 0.25) is 0 Å². The number of hydrogen-bond acceptors (Lipinski definition) is 0. The second kappa shape index (κ2) is 2.49. The van der Waals surface area contributed by atoms with Crippen LogP contribution in [0.25, 0.3) is 0 Å². The molecular weight excluding hydrogens is 211 g/mol. The number of hydrogen-bond donors (Lipinski definition) is 0. The number of allylic oxidation sites excluding steroid dienone is 5. The highest BCUT2D eigenvalue weighted by Gasteiger charge is 1.95. The molecule has 0 aromatic rings. The maximum Gasteiger partial charge on any atom is 0.00266 e. The molecule has 1 rings (SSSR count). The van der Waals surface area contributed by atoms with Gasteiger partial charge in [-0.05, 0) is 26.2 Å². The lowest BCUT2D eigenvalue weighted by Gasteiger charge is -2.01. The van der Waals surface area contributed by atoms with Crippen molar-refractivity contribution in [3.8, 4) is 0 Å². The molecule has 0 aromatic heterocycles. The van der Waals surface area contributed by atoms with Gasteiger partial charge in [0.1, 0.15) is 0 Å². The first kappa shape index (κ1) is 6.08. The molecule has 0 bridgehead atoms. The van der Waals surface area contributed by atoms with E-state index in [4.69, 9.17) is 0 Å². The molecule has 0 N–H and O–H groups in total. The van der Waals surface area contributed by atoms with Gasteiger partial charge >= 0.3 is 0 Å². The van der Waals surface area contributed by atoms with Crippen LogP contribution in [0.3, 0.4) is 0 Å². The highest BCUT2D eigenvalue weighted by atomic mass is 127. The fourth-order valence-corrected chi connectivity index (χ4v) is 1.32. The predicted octanol–water partition coefficient (Wildman–Crippen LogP) is 2.82. The van der Waals surface area contributed by atoms with Gasteiger partial charge in [0.05, 0.1) is 0 Å². The summed E-state index contributed by atoms with van der Waals surface area (Å²) in [6, 6.07) is 0. The predicted molar refractivity (Wildman–Crippen MR) is 45.0 cm³/mol. The van der Waals surface area contributed by atoms with Crippen LogP contribution in [0.5, 0.6) is 0 Å². The Labute approximate surface area is 63.1 Å². The van der Waals surface area contributed by atoms with Crippen molar-refractivity contribution in [2.75, 3.05) is 0 Å². The van der Waals surface area contributed by atoms with Gasteiger partial charge in [0, 0.05) is 6.42 Å². The summed E-state index contributed by atoms with van der Waals surface area (Å²) in [5.74, 6) is 0. The Kier molecular flexibility index (Phi) is 1.89. The third-order valence-corrected chi connectivity index (χ3v) is 1.75. The summed E-state index contributed by atoms with van der Waals surface area (Å²) in [6.07, 6.45) is 7.22. The minimum atomic E-state index is 1.04. The van der Waals surface area contributed by atoms with Crippen molar-refractivity contribution in [2.45, 2.75) is 6.42 Å². The van der Waals surface area contributed by atoms with Gasteiger partial charge in [-0.1, -0.05) is 30.4 Å². The summed E-state index contributed by atoms with van der Waals surface area (Å²) in [5, 5.41) is 0. The Morgan fingerprint density at radius 1 is 1.62 bits per heavy atom. The Morgan fingerprint density at radius 3 is 2.75 bits per heavy atom. The molecule has 0 saturated heterocycles. The van der Waals surface area contributed by atoms with Gasteiger partial charge in [0.15, 0.2) is 0 Å². The molecule has 0 unspecified atom stereocenters. The van der Waals surface area contributed by atoms with Crippen molar-refractivity contribution in [1.82, 2.24) is 0 Å². The minimum absolute atomic E-state index is 1.04. The molecule has 0 aliphatic heterocycles. The van der Waals surface area contributed by atoms with Gasteiger partial charge in [-0.2, -0.15) is 0 Å². The highest BCUT2D eigenvalue weighted by molar-refractivity contribution is 14.1. The third-order valence-electron chi connectivity index (χ3n) is 1.00. The summed E-state index contributed by atoms with van der Waals surface area (Å²) >= 11 is 2.32. The quantitative estimate of drug-likeness (QED) is 0.548. The molecule has 1 aliphatic carbocycles. The van der Waals surface area contributed by atoms with Crippen LogP contribution >= 0.6 is 22.6 Å². The lowest BCUT2D eigenvalue weighted by atomic mass is 10.1. The molecule has 1 aliphatic rings. The molecule has 0 fully saturated rings. The van der Waals surface area contributed by atoms with Crippen molar-refractivity contribution in [3.63, 3.8) is 0 Å². The Bertz CT molecular complexity index is 163. The zero-order valence-electron chi connectivity index (χ0n) is 4.52. The SMILES string of the molecule is C=C1C=CC=C(I)C1. The van der Waals surface area contributed by atoms with E-state index in [-0.39, 0.29) is 0 Å². The molecule has 0 atom stereocenters. The summed E-state index contributed by atoms with van der Waals surface area (Å²) < 4.78 is 1.37. The van der Waals surface area contributed by atoms with Gasteiger partial charge in [0.25, 0.3) is 0 Å². The summed E-state index contributed by atoms with van der Waals surface area (Å²) in [5.41, 5.74) is 1.21. The van der Waals surface area contributed by atoms with Crippen LogP contribution in [-0.4, -0.2) is 0 Å². The van der Waals surface area contributed by atoms with Crippen LogP contribution < -0.4 is 0 Å². The molecule has 42 valence electrons. The average molecular weight is 218 g/mol. The second-order valence-corrected chi connectivity index (χ2v) is 3.19. The first-order valence-corrected chi connectivity index (χ1v) is 3.57. The molecule has 0 heterocycles. The van der Waals surface area contributed by atoms with E-state index in [0.717, 1.165) is 6.42 Å². The monoisotopic (exact) mass is 218 g/mol. The lowest BCUT2D eigenvalue weighted by Crippen LogP contribution is -1.80. The minimum Gasteiger partial charge on any atom is -0.0955 e. The summed E-state index contributed by atoms with van der Waals surface area (Å²) in [7, 11) is 0. The van der Waals surface area contributed by atoms with Crippen molar-refractivity contribution >= 4 is 22.6 Å². The van der Waals surface area contributed by atoms with E-state index in [2.05, 4.69) is 35.2 Å². The van der Waals surface area contributed by atoms with Crippen LogP contribution in [0.1, 0.15) is 6.42 Å². The van der Waals surface area contributed by atoms with E-state index in [1.54, 1.807) is 0 Å². The standard InChI is InChI=1S/C7H7I/c1-6-3-2-4-7(8)5-6/h2-4H,1,5H2.